The van der Waals surface area contributed by atoms with Gasteiger partial charge in [0.2, 0.25) is 10.0 Å². The molecule has 5 nitrogen and oxygen atoms in total. The van der Waals surface area contributed by atoms with Crippen LogP contribution in [-0.2, 0) is 16.4 Å². The second kappa shape index (κ2) is 8.67. The number of hydrogen-bond acceptors (Lipinski definition) is 3. The summed E-state index contributed by atoms with van der Waals surface area (Å²) in [6.07, 6.45) is 6.99. The first-order chi connectivity index (χ1) is 14.1. The Balaban J connectivity index is 1.47. The van der Waals surface area contributed by atoms with Crippen molar-refractivity contribution in [2.24, 2.45) is 0 Å². The summed E-state index contributed by atoms with van der Waals surface area (Å²) in [4.78, 5) is 13.0. The van der Waals surface area contributed by atoms with Crippen LogP contribution in [0.5, 0.6) is 0 Å². The average Bonchev–Trinajstić information content (AvgIpc) is 3.04. The number of sulfonamides is 1. The molecular formula is C23H28N2O3S. The predicted molar refractivity (Wildman–Crippen MR) is 113 cm³/mol. The van der Waals surface area contributed by atoms with Gasteiger partial charge in [0.1, 0.15) is 0 Å². The minimum atomic E-state index is -3.49. The monoisotopic (exact) mass is 412 g/mol. The van der Waals surface area contributed by atoms with Gasteiger partial charge in [-0.2, -0.15) is 4.31 Å². The van der Waals surface area contributed by atoms with Gasteiger partial charge in [0.25, 0.3) is 5.91 Å². The highest BCUT2D eigenvalue weighted by Gasteiger charge is 2.26. The third kappa shape index (κ3) is 4.38. The van der Waals surface area contributed by atoms with Crippen LogP contribution in [0.1, 0.15) is 66.1 Å². The van der Waals surface area contributed by atoms with Crippen molar-refractivity contribution < 1.29 is 13.2 Å². The van der Waals surface area contributed by atoms with Gasteiger partial charge in [-0.25, -0.2) is 8.42 Å². The molecule has 6 heteroatoms. The summed E-state index contributed by atoms with van der Waals surface area (Å²) in [5.41, 5.74) is 2.97. The standard InChI is InChI=1S/C23H28N2O3S/c26-23(24-22-11-7-9-18-8-3-4-10-21(18)22)19-12-14-20(15-13-19)29(27,28)25-16-5-1-2-6-17-25/h3-4,8,10,12-15,22H,1-2,5-7,9,11,16-17H2,(H,24,26)/t22-/m1/s1. The zero-order chi connectivity index (χ0) is 20.3. The molecule has 1 N–H and O–H groups in total. The normalized spacial score (nSPS) is 20.5. The van der Waals surface area contributed by atoms with Crippen LogP contribution in [0.4, 0.5) is 0 Å². The van der Waals surface area contributed by atoms with Gasteiger partial charge in [0, 0.05) is 18.7 Å². The van der Waals surface area contributed by atoms with Crippen molar-refractivity contribution >= 4 is 15.9 Å². The fraction of sp³-hybridized carbons (Fsp3) is 0.435. The molecule has 29 heavy (non-hydrogen) atoms. The maximum absolute atomic E-state index is 12.9. The molecule has 0 saturated carbocycles. The van der Waals surface area contributed by atoms with Gasteiger partial charge >= 0.3 is 0 Å². The third-order valence-corrected chi connectivity index (χ3v) is 7.91. The topological polar surface area (TPSA) is 66.5 Å². The van der Waals surface area contributed by atoms with Crippen LogP contribution >= 0.6 is 0 Å². The predicted octanol–water partition coefficient (Wildman–Crippen LogP) is 4.06. The smallest absolute Gasteiger partial charge is 0.251 e. The van der Waals surface area contributed by atoms with Gasteiger partial charge in [0.15, 0.2) is 0 Å². The fourth-order valence-electron chi connectivity index (χ4n) is 4.35. The number of benzene rings is 2. The molecule has 1 atom stereocenters. The van der Waals surface area contributed by atoms with E-state index < -0.39 is 10.0 Å². The summed E-state index contributed by atoms with van der Waals surface area (Å²) >= 11 is 0. The van der Waals surface area contributed by atoms with E-state index in [9.17, 15) is 13.2 Å². The highest BCUT2D eigenvalue weighted by atomic mass is 32.2. The molecule has 1 heterocycles. The SMILES string of the molecule is O=C(N[C@@H]1CCCc2ccccc21)c1ccc(S(=O)(=O)N2CCCCCC2)cc1. The molecule has 2 aromatic rings. The van der Waals surface area contributed by atoms with Crippen LogP contribution in [0, 0.1) is 0 Å². The lowest BCUT2D eigenvalue weighted by molar-refractivity contribution is 0.0932. The summed E-state index contributed by atoms with van der Waals surface area (Å²) < 4.78 is 27.4. The van der Waals surface area contributed by atoms with Crippen molar-refractivity contribution in [2.75, 3.05) is 13.1 Å². The highest BCUT2D eigenvalue weighted by molar-refractivity contribution is 7.89. The van der Waals surface area contributed by atoms with Gasteiger partial charge in [0.05, 0.1) is 10.9 Å². The second-order valence-corrected chi connectivity index (χ2v) is 9.90. The highest BCUT2D eigenvalue weighted by Crippen LogP contribution is 2.29. The number of aryl methyl sites for hydroxylation is 1. The molecular weight excluding hydrogens is 384 g/mol. The molecule has 1 fully saturated rings. The summed E-state index contributed by atoms with van der Waals surface area (Å²) in [7, 11) is -3.49. The Hall–Kier alpha value is -2.18. The van der Waals surface area contributed by atoms with Crippen LogP contribution in [0.3, 0.4) is 0 Å². The molecule has 0 aromatic heterocycles. The minimum absolute atomic E-state index is 0.00737. The number of amides is 1. The van der Waals surface area contributed by atoms with Crippen molar-refractivity contribution in [3.63, 3.8) is 0 Å². The third-order valence-electron chi connectivity index (χ3n) is 5.99. The van der Waals surface area contributed by atoms with Crippen molar-refractivity contribution in [1.29, 1.82) is 0 Å². The second-order valence-electron chi connectivity index (χ2n) is 7.96. The number of hydrogen-bond donors (Lipinski definition) is 1. The molecule has 2 aliphatic rings. The molecule has 1 aliphatic heterocycles. The maximum Gasteiger partial charge on any atom is 0.251 e. The summed E-state index contributed by atoms with van der Waals surface area (Å²) in [6.45, 7) is 1.15. The van der Waals surface area contributed by atoms with Gasteiger partial charge in [-0.05, 0) is 67.5 Å². The van der Waals surface area contributed by atoms with E-state index in [0.717, 1.165) is 44.9 Å². The van der Waals surface area contributed by atoms with E-state index in [1.165, 1.54) is 11.1 Å². The Morgan fingerprint density at radius 1 is 0.897 bits per heavy atom. The Kier molecular flexibility index (Phi) is 6.01. The fourth-order valence-corrected chi connectivity index (χ4v) is 5.87. The molecule has 4 rings (SSSR count). The first kappa shape index (κ1) is 20.1. The van der Waals surface area contributed by atoms with E-state index in [2.05, 4.69) is 17.4 Å². The number of rotatable bonds is 4. The molecule has 1 amide bonds. The van der Waals surface area contributed by atoms with Crippen molar-refractivity contribution in [1.82, 2.24) is 9.62 Å². The summed E-state index contributed by atoms with van der Waals surface area (Å²) in [5, 5.41) is 3.12. The Bertz CT molecular complexity index is 962. The lowest BCUT2D eigenvalue weighted by atomic mass is 9.87. The van der Waals surface area contributed by atoms with Gasteiger partial charge in [-0.15, -0.1) is 0 Å². The Labute approximate surface area is 173 Å². The van der Waals surface area contributed by atoms with Gasteiger partial charge in [-0.1, -0.05) is 37.1 Å². The molecule has 1 saturated heterocycles. The van der Waals surface area contributed by atoms with Crippen molar-refractivity contribution in [3.05, 3.63) is 65.2 Å². The van der Waals surface area contributed by atoms with E-state index in [4.69, 9.17) is 0 Å². The van der Waals surface area contributed by atoms with Crippen molar-refractivity contribution in [2.45, 2.75) is 55.9 Å². The Morgan fingerprint density at radius 3 is 2.31 bits per heavy atom. The van der Waals surface area contributed by atoms with Crippen LogP contribution in [0.25, 0.3) is 0 Å². The van der Waals surface area contributed by atoms with E-state index in [-0.39, 0.29) is 16.8 Å². The first-order valence-electron chi connectivity index (χ1n) is 10.5. The number of carbonyl (C=O) groups excluding carboxylic acids is 1. The van der Waals surface area contributed by atoms with Gasteiger partial charge in [-0.3, -0.25) is 4.79 Å². The van der Waals surface area contributed by atoms with E-state index >= 15 is 0 Å². The van der Waals surface area contributed by atoms with Crippen LogP contribution in [0.2, 0.25) is 0 Å². The van der Waals surface area contributed by atoms with Gasteiger partial charge < -0.3 is 5.32 Å². The number of nitrogens with one attached hydrogen (secondary N) is 1. The quantitative estimate of drug-likeness (QED) is 0.824. The van der Waals surface area contributed by atoms with Crippen LogP contribution in [0.15, 0.2) is 53.4 Å². The zero-order valence-electron chi connectivity index (χ0n) is 16.6. The lowest BCUT2D eigenvalue weighted by Gasteiger charge is -2.26. The summed E-state index contributed by atoms with van der Waals surface area (Å²) in [5.74, 6) is -0.162. The lowest BCUT2D eigenvalue weighted by Crippen LogP contribution is -2.32. The molecule has 1 aliphatic carbocycles. The number of carbonyl (C=O) groups is 1. The van der Waals surface area contributed by atoms with E-state index in [1.54, 1.807) is 28.6 Å². The number of fused-ring (bicyclic) bond motifs is 1. The minimum Gasteiger partial charge on any atom is -0.345 e. The van der Waals surface area contributed by atoms with Crippen molar-refractivity contribution in [3.8, 4) is 0 Å². The molecule has 0 spiro atoms. The van der Waals surface area contributed by atoms with Crippen LogP contribution in [-0.4, -0.2) is 31.7 Å². The first-order valence-corrected chi connectivity index (χ1v) is 12.0. The maximum atomic E-state index is 12.9. The zero-order valence-corrected chi connectivity index (χ0v) is 17.5. The average molecular weight is 413 g/mol. The Morgan fingerprint density at radius 2 is 1.59 bits per heavy atom. The molecule has 0 bridgehead atoms. The molecule has 154 valence electrons. The molecule has 0 unspecified atom stereocenters. The molecule has 2 aromatic carbocycles. The largest absolute Gasteiger partial charge is 0.345 e. The number of nitrogens with zero attached hydrogens (tertiary/aromatic N) is 1. The summed E-state index contributed by atoms with van der Waals surface area (Å²) in [6, 6.07) is 14.6. The van der Waals surface area contributed by atoms with Crippen LogP contribution < -0.4 is 5.32 Å². The van der Waals surface area contributed by atoms with E-state index in [1.807, 2.05) is 12.1 Å². The van der Waals surface area contributed by atoms with E-state index in [0.29, 0.717) is 18.7 Å². The molecule has 0 radical (unpaired) electrons.